The van der Waals surface area contributed by atoms with E-state index >= 15 is 0 Å². The van der Waals surface area contributed by atoms with Crippen LogP contribution in [0.2, 0.25) is 0 Å². The van der Waals surface area contributed by atoms with Crippen molar-refractivity contribution in [1.82, 2.24) is 15.3 Å². The predicted octanol–water partition coefficient (Wildman–Crippen LogP) is 1.41. The van der Waals surface area contributed by atoms with Gasteiger partial charge >= 0.3 is 0 Å². The van der Waals surface area contributed by atoms with E-state index in [2.05, 4.69) is 32.4 Å². The van der Waals surface area contributed by atoms with Crippen LogP contribution in [0.1, 0.15) is 25.6 Å². The number of hydrogen-bond donors (Lipinski definition) is 2. The number of anilines is 2. The Morgan fingerprint density at radius 1 is 1.50 bits per heavy atom. The third-order valence-electron chi connectivity index (χ3n) is 3.38. The molecule has 0 aromatic carbocycles. The highest BCUT2D eigenvalue weighted by atomic mass is 15.2. The Hall–Kier alpha value is -1.36. The van der Waals surface area contributed by atoms with E-state index in [1.165, 1.54) is 12.8 Å². The van der Waals surface area contributed by atoms with E-state index < -0.39 is 0 Å². The molecule has 2 N–H and O–H groups in total. The molecule has 1 fully saturated rings. The van der Waals surface area contributed by atoms with Crippen molar-refractivity contribution in [2.45, 2.75) is 32.7 Å². The van der Waals surface area contributed by atoms with Crippen LogP contribution in [-0.2, 0) is 0 Å². The topological polar surface area (TPSA) is 53.1 Å². The van der Waals surface area contributed by atoms with E-state index in [-0.39, 0.29) is 0 Å². The Morgan fingerprint density at radius 3 is 3.00 bits per heavy atom. The third-order valence-corrected chi connectivity index (χ3v) is 3.38. The van der Waals surface area contributed by atoms with Gasteiger partial charge in [0, 0.05) is 32.2 Å². The fourth-order valence-corrected chi connectivity index (χ4v) is 2.16. The van der Waals surface area contributed by atoms with Crippen LogP contribution in [0.25, 0.3) is 0 Å². The van der Waals surface area contributed by atoms with Crippen LogP contribution in [0.15, 0.2) is 6.07 Å². The SMILES string of the molecule is CCN(C)c1cc(NCC2CCCN2)nc(C)n1. The number of aromatic nitrogens is 2. The molecule has 1 atom stereocenters. The lowest BCUT2D eigenvalue weighted by Crippen LogP contribution is -2.29. The molecule has 0 aliphatic carbocycles. The maximum atomic E-state index is 4.44. The van der Waals surface area contributed by atoms with Crippen LogP contribution in [0.5, 0.6) is 0 Å². The summed E-state index contributed by atoms with van der Waals surface area (Å²) in [6.07, 6.45) is 2.53. The van der Waals surface area contributed by atoms with Crippen LogP contribution in [0, 0.1) is 6.92 Å². The molecule has 2 rings (SSSR count). The van der Waals surface area contributed by atoms with Crippen LogP contribution < -0.4 is 15.5 Å². The second kappa shape index (κ2) is 6.00. The molecule has 1 unspecified atom stereocenters. The van der Waals surface area contributed by atoms with Gasteiger partial charge in [0.25, 0.3) is 0 Å². The van der Waals surface area contributed by atoms with Gasteiger partial charge in [0.15, 0.2) is 0 Å². The minimum absolute atomic E-state index is 0.577. The first-order valence-electron chi connectivity index (χ1n) is 6.73. The Bertz CT molecular complexity index is 387. The molecular formula is C13H23N5. The molecule has 1 aromatic rings. The van der Waals surface area contributed by atoms with Crippen molar-refractivity contribution in [3.05, 3.63) is 11.9 Å². The normalized spacial score (nSPS) is 18.9. The molecule has 0 spiro atoms. The van der Waals surface area contributed by atoms with Crippen molar-refractivity contribution < 1.29 is 0 Å². The number of rotatable bonds is 5. The Kier molecular flexibility index (Phi) is 4.36. The number of hydrogen-bond acceptors (Lipinski definition) is 5. The van der Waals surface area contributed by atoms with Crippen molar-refractivity contribution >= 4 is 11.6 Å². The minimum Gasteiger partial charge on any atom is -0.368 e. The maximum absolute atomic E-state index is 4.44. The summed E-state index contributed by atoms with van der Waals surface area (Å²) in [6, 6.07) is 2.60. The van der Waals surface area contributed by atoms with Crippen molar-refractivity contribution in [3.8, 4) is 0 Å². The van der Waals surface area contributed by atoms with E-state index in [1.54, 1.807) is 0 Å². The van der Waals surface area contributed by atoms with E-state index in [9.17, 15) is 0 Å². The van der Waals surface area contributed by atoms with E-state index in [0.717, 1.165) is 37.1 Å². The summed E-state index contributed by atoms with van der Waals surface area (Å²) in [7, 11) is 2.05. The van der Waals surface area contributed by atoms with Gasteiger partial charge in [-0.2, -0.15) is 0 Å². The average molecular weight is 249 g/mol. The zero-order valence-electron chi connectivity index (χ0n) is 11.5. The molecule has 1 aromatic heterocycles. The molecule has 5 nitrogen and oxygen atoms in total. The Morgan fingerprint density at radius 2 is 2.33 bits per heavy atom. The average Bonchev–Trinajstić information content (AvgIpc) is 2.88. The number of nitrogens with zero attached hydrogens (tertiary/aromatic N) is 3. The van der Waals surface area contributed by atoms with Gasteiger partial charge in [-0.25, -0.2) is 9.97 Å². The van der Waals surface area contributed by atoms with Gasteiger partial charge in [0.05, 0.1) is 0 Å². The van der Waals surface area contributed by atoms with Crippen molar-refractivity contribution in [2.24, 2.45) is 0 Å². The molecule has 100 valence electrons. The molecular weight excluding hydrogens is 226 g/mol. The smallest absolute Gasteiger partial charge is 0.134 e. The quantitative estimate of drug-likeness (QED) is 0.826. The van der Waals surface area contributed by atoms with Gasteiger partial charge in [-0.3, -0.25) is 0 Å². The molecule has 2 heterocycles. The summed E-state index contributed by atoms with van der Waals surface area (Å²) in [5.41, 5.74) is 0. The van der Waals surface area contributed by atoms with E-state index in [0.29, 0.717) is 6.04 Å². The Labute approximate surface area is 109 Å². The van der Waals surface area contributed by atoms with E-state index in [4.69, 9.17) is 0 Å². The maximum Gasteiger partial charge on any atom is 0.134 e. The lowest BCUT2D eigenvalue weighted by atomic mass is 10.2. The van der Waals surface area contributed by atoms with Gasteiger partial charge < -0.3 is 15.5 Å². The fourth-order valence-electron chi connectivity index (χ4n) is 2.16. The van der Waals surface area contributed by atoms with Gasteiger partial charge in [-0.1, -0.05) is 0 Å². The molecule has 1 aliphatic heterocycles. The first-order valence-corrected chi connectivity index (χ1v) is 6.73. The van der Waals surface area contributed by atoms with Crippen molar-refractivity contribution in [3.63, 3.8) is 0 Å². The van der Waals surface area contributed by atoms with Gasteiger partial charge in [0.2, 0.25) is 0 Å². The lowest BCUT2D eigenvalue weighted by molar-refractivity contribution is 0.632. The molecule has 5 heteroatoms. The highest BCUT2D eigenvalue weighted by molar-refractivity contribution is 5.48. The second-order valence-electron chi connectivity index (χ2n) is 4.85. The largest absolute Gasteiger partial charge is 0.368 e. The third kappa shape index (κ3) is 3.32. The minimum atomic E-state index is 0.577. The fraction of sp³-hybridized carbons (Fsp3) is 0.692. The monoisotopic (exact) mass is 249 g/mol. The molecule has 0 radical (unpaired) electrons. The first kappa shape index (κ1) is 13.1. The summed E-state index contributed by atoms with van der Waals surface area (Å²) in [5.74, 6) is 2.72. The summed E-state index contributed by atoms with van der Waals surface area (Å²) < 4.78 is 0. The first-order chi connectivity index (χ1) is 8.69. The van der Waals surface area contributed by atoms with E-state index in [1.807, 2.05) is 20.0 Å². The van der Waals surface area contributed by atoms with Gasteiger partial charge in [0.1, 0.15) is 17.5 Å². The number of nitrogens with one attached hydrogen (secondary N) is 2. The Balaban J connectivity index is 2.00. The molecule has 1 saturated heterocycles. The van der Waals surface area contributed by atoms with Crippen LogP contribution in [0.4, 0.5) is 11.6 Å². The molecule has 1 aliphatic rings. The van der Waals surface area contributed by atoms with Gasteiger partial charge in [-0.15, -0.1) is 0 Å². The predicted molar refractivity (Wildman–Crippen MR) is 75.2 cm³/mol. The van der Waals surface area contributed by atoms with Crippen molar-refractivity contribution in [1.29, 1.82) is 0 Å². The number of aryl methyl sites for hydroxylation is 1. The van der Waals surface area contributed by atoms with Crippen LogP contribution >= 0.6 is 0 Å². The van der Waals surface area contributed by atoms with Crippen LogP contribution in [0.3, 0.4) is 0 Å². The zero-order chi connectivity index (χ0) is 13.0. The highest BCUT2D eigenvalue weighted by Gasteiger charge is 2.14. The van der Waals surface area contributed by atoms with Crippen LogP contribution in [-0.4, -0.2) is 42.7 Å². The zero-order valence-corrected chi connectivity index (χ0v) is 11.5. The molecule has 0 bridgehead atoms. The summed E-state index contributed by atoms with van der Waals surface area (Å²) >= 11 is 0. The summed E-state index contributed by atoms with van der Waals surface area (Å²) in [6.45, 7) is 7.07. The highest BCUT2D eigenvalue weighted by Crippen LogP contribution is 2.15. The summed E-state index contributed by atoms with van der Waals surface area (Å²) in [4.78, 5) is 11.0. The molecule has 18 heavy (non-hydrogen) atoms. The van der Waals surface area contributed by atoms with Crippen molar-refractivity contribution in [2.75, 3.05) is 36.9 Å². The summed E-state index contributed by atoms with van der Waals surface area (Å²) in [5, 5.41) is 6.88. The van der Waals surface area contributed by atoms with Gasteiger partial charge in [-0.05, 0) is 33.2 Å². The standard InChI is InChI=1S/C13H23N5/c1-4-18(3)13-8-12(16-10(2)17-13)15-9-11-6-5-7-14-11/h8,11,14H,4-7,9H2,1-3H3,(H,15,16,17). The molecule has 0 saturated carbocycles. The molecule has 0 amide bonds. The second-order valence-corrected chi connectivity index (χ2v) is 4.85. The lowest BCUT2D eigenvalue weighted by Gasteiger charge is -2.18.